The Labute approximate surface area is 171 Å². The molecule has 4 rings (SSSR count). The third kappa shape index (κ3) is 4.60. The zero-order valence-corrected chi connectivity index (χ0v) is 17.1. The number of anilines is 1. The minimum Gasteiger partial charge on any atom is -0.379 e. The van der Waals surface area contributed by atoms with E-state index < -0.39 is 20.7 Å². The van der Waals surface area contributed by atoms with Gasteiger partial charge in [-0.25, -0.2) is 12.8 Å². The first kappa shape index (κ1) is 20.3. The number of hydrogen-bond acceptors (Lipinski definition) is 7. The van der Waals surface area contributed by atoms with Gasteiger partial charge in [0.1, 0.15) is 17.0 Å². The number of halogens is 1. The number of thioether (sulfide) groups is 1. The third-order valence-corrected chi connectivity index (χ3v) is 7.49. The quantitative estimate of drug-likeness (QED) is 0.649. The standard InChI is InChI=1S/C17H20FN5O4S2/c18-14-4-1-12(9-15(14)29(25,26)22-5-7-27-8-6-22)20-16(24)10-28-17-21-19-11-23(17)13-2-3-13/h1,4,9,11,13H,2-3,5-8,10H2,(H,20,24). The first-order valence-corrected chi connectivity index (χ1v) is 11.6. The number of morpholine rings is 1. The normalized spacial score (nSPS) is 18.0. The first-order valence-electron chi connectivity index (χ1n) is 9.15. The highest BCUT2D eigenvalue weighted by Gasteiger charge is 2.29. The fourth-order valence-corrected chi connectivity index (χ4v) is 5.25. The molecule has 1 aromatic heterocycles. The van der Waals surface area contributed by atoms with Crippen molar-refractivity contribution < 1.29 is 22.3 Å². The maximum absolute atomic E-state index is 14.2. The number of carbonyl (C=O) groups is 1. The fraction of sp³-hybridized carbons (Fsp3) is 0.471. The number of nitrogens with one attached hydrogen (secondary N) is 1. The van der Waals surface area contributed by atoms with E-state index in [4.69, 9.17) is 4.74 Å². The number of carbonyl (C=O) groups excluding carboxylic acids is 1. The lowest BCUT2D eigenvalue weighted by molar-refractivity contribution is -0.113. The number of nitrogens with zero attached hydrogens (tertiary/aromatic N) is 4. The summed E-state index contributed by atoms with van der Waals surface area (Å²) in [4.78, 5) is 11.8. The van der Waals surface area contributed by atoms with E-state index in [2.05, 4.69) is 15.5 Å². The minimum absolute atomic E-state index is 0.0777. The Morgan fingerprint density at radius 1 is 1.31 bits per heavy atom. The van der Waals surface area contributed by atoms with Gasteiger partial charge in [-0.2, -0.15) is 4.31 Å². The second-order valence-electron chi connectivity index (χ2n) is 6.75. The van der Waals surface area contributed by atoms with Crippen molar-refractivity contribution in [1.82, 2.24) is 19.1 Å². The number of aromatic nitrogens is 3. The molecular formula is C17H20FN5O4S2. The van der Waals surface area contributed by atoms with E-state index >= 15 is 0 Å². The smallest absolute Gasteiger partial charge is 0.246 e. The van der Waals surface area contributed by atoms with Crippen LogP contribution in [0.2, 0.25) is 0 Å². The molecule has 156 valence electrons. The van der Waals surface area contributed by atoms with Crippen molar-refractivity contribution in [1.29, 1.82) is 0 Å². The molecule has 1 aliphatic heterocycles. The van der Waals surface area contributed by atoms with Crippen molar-refractivity contribution in [3.63, 3.8) is 0 Å². The van der Waals surface area contributed by atoms with E-state index in [-0.39, 0.29) is 43.7 Å². The van der Waals surface area contributed by atoms with E-state index in [1.54, 1.807) is 6.33 Å². The van der Waals surface area contributed by atoms with Crippen LogP contribution in [0.4, 0.5) is 10.1 Å². The van der Waals surface area contributed by atoms with Crippen LogP contribution in [0.1, 0.15) is 18.9 Å². The van der Waals surface area contributed by atoms with Crippen LogP contribution in [-0.2, 0) is 19.6 Å². The molecule has 1 amide bonds. The van der Waals surface area contributed by atoms with Crippen LogP contribution in [-0.4, -0.2) is 65.5 Å². The molecule has 1 aromatic carbocycles. The van der Waals surface area contributed by atoms with E-state index in [0.29, 0.717) is 11.2 Å². The lowest BCUT2D eigenvalue weighted by Crippen LogP contribution is -2.40. The van der Waals surface area contributed by atoms with Gasteiger partial charge in [0.15, 0.2) is 5.16 Å². The van der Waals surface area contributed by atoms with Crippen molar-refractivity contribution in [2.45, 2.75) is 28.9 Å². The van der Waals surface area contributed by atoms with Gasteiger partial charge >= 0.3 is 0 Å². The second kappa shape index (κ2) is 8.38. The molecule has 0 bridgehead atoms. The van der Waals surface area contributed by atoms with Crippen LogP contribution in [0.15, 0.2) is 34.6 Å². The van der Waals surface area contributed by atoms with Gasteiger partial charge in [0.05, 0.1) is 19.0 Å². The van der Waals surface area contributed by atoms with E-state index in [1.807, 2.05) is 4.57 Å². The molecule has 0 spiro atoms. The van der Waals surface area contributed by atoms with Crippen LogP contribution in [0.5, 0.6) is 0 Å². The van der Waals surface area contributed by atoms with Crippen molar-refractivity contribution in [3.8, 4) is 0 Å². The largest absolute Gasteiger partial charge is 0.379 e. The summed E-state index contributed by atoms with van der Waals surface area (Å²) >= 11 is 1.25. The number of sulfonamides is 1. The molecule has 2 heterocycles. The van der Waals surface area contributed by atoms with Gasteiger partial charge in [-0.15, -0.1) is 10.2 Å². The van der Waals surface area contributed by atoms with Gasteiger partial charge in [-0.05, 0) is 31.0 Å². The van der Waals surface area contributed by atoms with Crippen molar-refractivity contribution in [2.24, 2.45) is 0 Å². The molecule has 1 N–H and O–H groups in total. The van der Waals surface area contributed by atoms with Gasteiger partial charge in [-0.3, -0.25) is 4.79 Å². The lowest BCUT2D eigenvalue weighted by atomic mass is 10.3. The summed E-state index contributed by atoms with van der Waals surface area (Å²) in [6, 6.07) is 3.93. The Morgan fingerprint density at radius 2 is 2.07 bits per heavy atom. The van der Waals surface area contributed by atoms with Gasteiger partial charge in [0.2, 0.25) is 15.9 Å². The maximum atomic E-state index is 14.2. The number of ether oxygens (including phenoxy) is 1. The summed E-state index contributed by atoms with van der Waals surface area (Å²) in [7, 11) is -4.01. The highest BCUT2D eigenvalue weighted by molar-refractivity contribution is 7.99. The molecule has 2 aliphatic rings. The number of benzene rings is 1. The number of rotatable bonds is 7. The summed E-state index contributed by atoms with van der Waals surface area (Å²) in [5, 5.41) is 11.2. The zero-order chi connectivity index (χ0) is 20.4. The topological polar surface area (TPSA) is 106 Å². The predicted molar refractivity (Wildman–Crippen MR) is 104 cm³/mol. The highest BCUT2D eigenvalue weighted by Crippen LogP contribution is 2.37. The van der Waals surface area contributed by atoms with Crippen LogP contribution < -0.4 is 5.32 Å². The van der Waals surface area contributed by atoms with Crippen molar-refractivity contribution in [2.75, 3.05) is 37.4 Å². The summed E-state index contributed by atoms with van der Waals surface area (Å²) in [6.07, 6.45) is 3.81. The minimum atomic E-state index is -4.01. The summed E-state index contributed by atoms with van der Waals surface area (Å²) < 4.78 is 48.0. The molecule has 9 nitrogen and oxygen atoms in total. The summed E-state index contributed by atoms with van der Waals surface area (Å²) in [6.45, 7) is 0.854. The predicted octanol–water partition coefficient (Wildman–Crippen LogP) is 1.50. The van der Waals surface area contributed by atoms with Gasteiger partial charge in [-0.1, -0.05) is 11.8 Å². The average Bonchev–Trinajstić information content (AvgIpc) is 3.46. The van der Waals surface area contributed by atoms with E-state index in [1.165, 1.54) is 22.1 Å². The molecule has 1 aliphatic carbocycles. The van der Waals surface area contributed by atoms with Crippen molar-refractivity contribution >= 4 is 33.4 Å². The molecule has 0 radical (unpaired) electrons. The Balaban J connectivity index is 1.43. The lowest BCUT2D eigenvalue weighted by Gasteiger charge is -2.26. The molecule has 0 atom stereocenters. The molecule has 1 saturated carbocycles. The molecule has 29 heavy (non-hydrogen) atoms. The van der Waals surface area contributed by atoms with Gasteiger partial charge in [0.25, 0.3) is 0 Å². The molecule has 1 saturated heterocycles. The fourth-order valence-electron chi connectivity index (χ4n) is 2.97. The Bertz CT molecular complexity index is 1000. The highest BCUT2D eigenvalue weighted by atomic mass is 32.2. The van der Waals surface area contributed by atoms with Crippen LogP contribution >= 0.6 is 11.8 Å². The van der Waals surface area contributed by atoms with Crippen LogP contribution in [0.3, 0.4) is 0 Å². The second-order valence-corrected chi connectivity index (χ2v) is 9.60. The zero-order valence-electron chi connectivity index (χ0n) is 15.5. The molecule has 0 unspecified atom stereocenters. The van der Waals surface area contributed by atoms with Crippen molar-refractivity contribution in [3.05, 3.63) is 30.3 Å². The average molecular weight is 442 g/mol. The SMILES string of the molecule is O=C(CSc1nncn1C1CC1)Nc1ccc(F)c(S(=O)(=O)N2CCOCC2)c1. The molecular weight excluding hydrogens is 421 g/mol. The Hall–Kier alpha value is -2.02. The van der Waals surface area contributed by atoms with Crippen LogP contribution in [0.25, 0.3) is 0 Å². The van der Waals surface area contributed by atoms with Gasteiger partial charge < -0.3 is 14.6 Å². The number of amides is 1. The Morgan fingerprint density at radius 3 is 2.79 bits per heavy atom. The monoisotopic (exact) mass is 441 g/mol. The first-order chi connectivity index (χ1) is 13.9. The molecule has 2 aromatic rings. The maximum Gasteiger partial charge on any atom is 0.246 e. The molecule has 12 heteroatoms. The van der Waals surface area contributed by atoms with Crippen LogP contribution in [0, 0.1) is 5.82 Å². The Kier molecular flexibility index (Phi) is 5.86. The van der Waals surface area contributed by atoms with E-state index in [0.717, 1.165) is 25.0 Å². The number of hydrogen-bond donors (Lipinski definition) is 1. The summed E-state index contributed by atoms with van der Waals surface area (Å²) in [5.74, 6) is -1.13. The summed E-state index contributed by atoms with van der Waals surface area (Å²) in [5.41, 5.74) is 0.215. The van der Waals surface area contributed by atoms with E-state index in [9.17, 15) is 17.6 Å². The molecule has 2 fully saturated rings. The third-order valence-electron chi connectivity index (χ3n) is 4.62. The van der Waals surface area contributed by atoms with Gasteiger partial charge in [0, 0.05) is 24.8 Å².